The Hall–Kier alpha value is -3.81. The maximum atomic E-state index is 12.6. The summed E-state index contributed by atoms with van der Waals surface area (Å²) in [7, 11) is 1.60. The number of carbonyl (C=O) groups is 2. The maximum absolute atomic E-state index is 12.6. The van der Waals surface area contributed by atoms with Crippen molar-refractivity contribution in [3.8, 4) is 22.8 Å². The molecule has 1 aliphatic carbocycles. The zero-order valence-corrected chi connectivity index (χ0v) is 18.2. The van der Waals surface area contributed by atoms with Crippen molar-refractivity contribution < 1.29 is 24.2 Å². The van der Waals surface area contributed by atoms with E-state index in [2.05, 4.69) is 5.32 Å². The second kappa shape index (κ2) is 8.61. The summed E-state index contributed by atoms with van der Waals surface area (Å²) in [5.41, 5.74) is 2.39. The van der Waals surface area contributed by atoms with Gasteiger partial charge in [0.05, 0.1) is 24.9 Å². The third-order valence-electron chi connectivity index (χ3n) is 6.08. The van der Waals surface area contributed by atoms with Crippen molar-refractivity contribution in [2.75, 3.05) is 13.7 Å². The second-order valence-electron chi connectivity index (χ2n) is 8.46. The normalized spacial score (nSPS) is 20.0. The molecule has 0 spiro atoms. The molecule has 1 saturated carbocycles. The van der Waals surface area contributed by atoms with Crippen LogP contribution >= 0.6 is 0 Å². The Bertz CT molecular complexity index is 1200. The number of nitrogens with one attached hydrogen (secondary N) is 1. The van der Waals surface area contributed by atoms with E-state index in [1.54, 1.807) is 7.11 Å². The van der Waals surface area contributed by atoms with Gasteiger partial charge in [-0.05, 0) is 25.0 Å². The van der Waals surface area contributed by atoms with Gasteiger partial charge in [-0.2, -0.15) is 0 Å². The zero-order chi connectivity index (χ0) is 22.9. The van der Waals surface area contributed by atoms with Crippen molar-refractivity contribution in [1.82, 2.24) is 15.2 Å². The molecule has 0 bridgehead atoms. The van der Waals surface area contributed by atoms with Crippen LogP contribution in [0.25, 0.3) is 22.2 Å². The molecular formula is C25H25N3O5. The Morgan fingerprint density at radius 1 is 1.12 bits per heavy atom. The molecule has 2 N–H and O–H groups in total. The van der Waals surface area contributed by atoms with Gasteiger partial charge in [0.2, 0.25) is 5.91 Å². The van der Waals surface area contributed by atoms with Gasteiger partial charge in [0, 0.05) is 35.5 Å². The minimum absolute atomic E-state index is 0.124. The predicted octanol–water partition coefficient (Wildman–Crippen LogP) is 3.69. The van der Waals surface area contributed by atoms with Crippen LogP contribution in [-0.4, -0.2) is 58.8 Å². The Morgan fingerprint density at radius 2 is 1.91 bits per heavy atom. The van der Waals surface area contributed by atoms with E-state index >= 15 is 0 Å². The van der Waals surface area contributed by atoms with E-state index in [4.69, 9.17) is 14.5 Å². The molecule has 33 heavy (non-hydrogen) atoms. The molecule has 1 saturated heterocycles. The first-order chi connectivity index (χ1) is 16.0. The first-order valence-corrected chi connectivity index (χ1v) is 11.0. The summed E-state index contributed by atoms with van der Waals surface area (Å²) in [6.45, 7) is 0.124. The second-order valence-corrected chi connectivity index (χ2v) is 8.46. The maximum Gasteiger partial charge on any atom is 0.408 e. The number of pyridine rings is 1. The van der Waals surface area contributed by atoms with Crippen LogP contribution in [0.5, 0.6) is 11.5 Å². The lowest BCUT2D eigenvalue weighted by atomic mass is 10.1. The molecule has 2 unspecified atom stereocenters. The standard InChI is InChI=1S/C25H25N3O5/c1-32-17-9-10-19-21(11-17)27-20(15-5-3-2-4-6-15)13-23(19)33-18-12-22(28(14-18)25(30)31)24(29)26-16-7-8-16/h2-6,9-11,13,16,18,22H,7-8,12,14H2,1H3,(H,26,29)(H,30,31). The molecule has 5 rings (SSSR count). The van der Waals surface area contributed by atoms with Crippen LogP contribution in [0, 0.1) is 0 Å². The first-order valence-electron chi connectivity index (χ1n) is 11.0. The average molecular weight is 447 g/mol. The smallest absolute Gasteiger partial charge is 0.408 e. The number of hydrogen-bond acceptors (Lipinski definition) is 5. The molecule has 2 aliphatic rings. The third-order valence-corrected chi connectivity index (χ3v) is 6.08. The Labute approximate surface area is 191 Å². The molecular weight excluding hydrogens is 422 g/mol. The van der Waals surface area contributed by atoms with Crippen LogP contribution in [0.15, 0.2) is 54.6 Å². The van der Waals surface area contributed by atoms with E-state index in [-0.39, 0.29) is 18.5 Å². The molecule has 8 heteroatoms. The number of hydrogen-bond donors (Lipinski definition) is 2. The van der Waals surface area contributed by atoms with Gasteiger partial charge in [-0.1, -0.05) is 30.3 Å². The van der Waals surface area contributed by atoms with E-state index < -0.39 is 18.2 Å². The van der Waals surface area contributed by atoms with Gasteiger partial charge in [-0.3, -0.25) is 9.69 Å². The van der Waals surface area contributed by atoms with Crippen molar-refractivity contribution in [2.45, 2.75) is 37.5 Å². The van der Waals surface area contributed by atoms with E-state index in [0.717, 1.165) is 29.5 Å². The van der Waals surface area contributed by atoms with Gasteiger partial charge in [-0.15, -0.1) is 0 Å². The number of methoxy groups -OCH3 is 1. The Morgan fingerprint density at radius 3 is 2.61 bits per heavy atom. The van der Waals surface area contributed by atoms with Crippen molar-refractivity contribution in [3.63, 3.8) is 0 Å². The molecule has 2 amide bonds. The molecule has 1 aliphatic heterocycles. The molecule has 0 radical (unpaired) electrons. The number of nitrogens with zero attached hydrogens (tertiary/aromatic N) is 2. The number of likely N-dealkylation sites (tertiary alicyclic amines) is 1. The minimum Gasteiger partial charge on any atom is -0.497 e. The van der Waals surface area contributed by atoms with Crippen LogP contribution < -0.4 is 14.8 Å². The number of carboxylic acid groups (broad SMARTS) is 1. The van der Waals surface area contributed by atoms with Gasteiger partial charge < -0.3 is 19.9 Å². The monoisotopic (exact) mass is 447 g/mol. The minimum atomic E-state index is -1.12. The summed E-state index contributed by atoms with van der Waals surface area (Å²) in [4.78, 5) is 30.4. The highest BCUT2D eigenvalue weighted by Gasteiger charge is 2.42. The number of amides is 2. The number of fused-ring (bicyclic) bond motifs is 1. The molecule has 1 aromatic heterocycles. The number of aromatic nitrogens is 1. The van der Waals surface area contributed by atoms with Crippen LogP contribution in [0.3, 0.4) is 0 Å². The molecule has 2 fully saturated rings. The number of ether oxygens (including phenoxy) is 2. The highest BCUT2D eigenvalue weighted by Crippen LogP contribution is 2.34. The van der Waals surface area contributed by atoms with Crippen LogP contribution in [0.2, 0.25) is 0 Å². The van der Waals surface area contributed by atoms with Crippen molar-refractivity contribution in [2.24, 2.45) is 0 Å². The van der Waals surface area contributed by atoms with E-state index in [1.165, 1.54) is 4.90 Å². The lowest BCUT2D eigenvalue weighted by Gasteiger charge is -2.20. The van der Waals surface area contributed by atoms with E-state index in [1.807, 2.05) is 54.6 Å². The average Bonchev–Trinajstić information content (AvgIpc) is 3.54. The summed E-state index contributed by atoms with van der Waals surface area (Å²) >= 11 is 0. The first kappa shape index (κ1) is 21.1. The summed E-state index contributed by atoms with van der Waals surface area (Å²) < 4.78 is 11.7. The largest absolute Gasteiger partial charge is 0.497 e. The molecule has 2 aromatic carbocycles. The third kappa shape index (κ3) is 4.41. The van der Waals surface area contributed by atoms with Crippen LogP contribution in [-0.2, 0) is 4.79 Å². The topological polar surface area (TPSA) is 101 Å². The van der Waals surface area contributed by atoms with Gasteiger partial charge in [0.25, 0.3) is 0 Å². The quantitative estimate of drug-likeness (QED) is 0.598. The Balaban J connectivity index is 1.47. The van der Waals surface area contributed by atoms with E-state index in [0.29, 0.717) is 23.4 Å². The zero-order valence-electron chi connectivity index (χ0n) is 18.2. The molecule has 8 nitrogen and oxygen atoms in total. The van der Waals surface area contributed by atoms with Gasteiger partial charge in [0.1, 0.15) is 23.6 Å². The highest BCUT2D eigenvalue weighted by molar-refractivity contribution is 5.89. The molecule has 2 heterocycles. The summed E-state index contributed by atoms with van der Waals surface area (Å²) in [5, 5.41) is 13.4. The van der Waals surface area contributed by atoms with Gasteiger partial charge in [-0.25, -0.2) is 9.78 Å². The summed E-state index contributed by atoms with van der Waals surface area (Å²) in [6, 6.07) is 16.6. The number of rotatable bonds is 6. The van der Waals surface area contributed by atoms with Crippen molar-refractivity contribution >= 4 is 22.9 Å². The van der Waals surface area contributed by atoms with Crippen molar-refractivity contribution in [3.05, 3.63) is 54.6 Å². The summed E-state index contributed by atoms with van der Waals surface area (Å²) in [6.07, 6.45) is 0.616. The van der Waals surface area contributed by atoms with Gasteiger partial charge >= 0.3 is 6.09 Å². The molecule has 2 atom stereocenters. The van der Waals surface area contributed by atoms with Gasteiger partial charge in [0.15, 0.2) is 0 Å². The predicted molar refractivity (Wildman–Crippen MR) is 122 cm³/mol. The van der Waals surface area contributed by atoms with Crippen molar-refractivity contribution in [1.29, 1.82) is 0 Å². The fraction of sp³-hybridized carbons (Fsp3) is 0.320. The number of carbonyl (C=O) groups excluding carboxylic acids is 1. The molecule has 3 aromatic rings. The fourth-order valence-electron chi connectivity index (χ4n) is 4.20. The van der Waals surface area contributed by atoms with Crippen LogP contribution in [0.4, 0.5) is 4.79 Å². The fourth-order valence-corrected chi connectivity index (χ4v) is 4.20. The SMILES string of the molecule is COc1ccc2c(OC3CC(C(=O)NC4CC4)N(C(=O)O)C3)cc(-c3ccccc3)nc2c1. The van der Waals surface area contributed by atoms with E-state index in [9.17, 15) is 14.7 Å². The lowest BCUT2D eigenvalue weighted by Crippen LogP contribution is -2.46. The molecule has 170 valence electrons. The number of benzene rings is 2. The lowest BCUT2D eigenvalue weighted by molar-refractivity contribution is -0.125. The van der Waals surface area contributed by atoms with Crippen LogP contribution in [0.1, 0.15) is 19.3 Å². The highest BCUT2D eigenvalue weighted by atomic mass is 16.5. The summed E-state index contributed by atoms with van der Waals surface area (Å²) in [5.74, 6) is 1.03. The Kier molecular flexibility index (Phi) is 5.50.